The van der Waals surface area contributed by atoms with E-state index in [4.69, 9.17) is 16.9 Å². The molecule has 0 radical (unpaired) electrons. The van der Waals surface area contributed by atoms with Crippen molar-refractivity contribution in [3.8, 4) is 6.07 Å². The average molecular weight is 287 g/mol. The number of carbonyl (C=O) groups is 1. The molecule has 0 fully saturated rings. The second-order valence-electron chi connectivity index (χ2n) is 3.60. The molecule has 1 atom stereocenters. The lowest BCUT2D eigenvalue weighted by molar-refractivity contribution is -0.115. The fourth-order valence-corrected chi connectivity index (χ4v) is 2.10. The Morgan fingerprint density at radius 1 is 1.44 bits per heavy atom. The minimum absolute atomic E-state index is 0.448. The van der Waals surface area contributed by atoms with Crippen molar-refractivity contribution in [3.05, 3.63) is 29.3 Å². The fraction of sp³-hybridized carbons (Fsp3) is 0.273. The van der Waals surface area contributed by atoms with Crippen molar-refractivity contribution in [2.75, 3.05) is 11.1 Å². The zero-order valence-electron chi connectivity index (χ0n) is 9.55. The van der Waals surface area contributed by atoms with E-state index >= 15 is 0 Å². The maximum Gasteiger partial charge on any atom is 0.242 e. The lowest BCUT2D eigenvalue weighted by atomic mass is 10.3. The number of carbonyl (C=O) groups excluding carboxylic acids is 1. The molecule has 1 rings (SSSR count). The highest BCUT2D eigenvalue weighted by Gasteiger charge is 2.27. The highest BCUT2D eigenvalue weighted by Crippen LogP contribution is 2.14. The molecule has 5 nitrogen and oxygen atoms in total. The van der Waals surface area contributed by atoms with Gasteiger partial charge in [0.2, 0.25) is 5.91 Å². The monoisotopic (exact) mass is 286 g/mol. The number of benzene rings is 1. The first-order valence-corrected chi connectivity index (χ1v) is 7.11. The van der Waals surface area contributed by atoms with Gasteiger partial charge in [-0.3, -0.25) is 4.79 Å². The van der Waals surface area contributed by atoms with Gasteiger partial charge in [0.05, 0.1) is 6.07 Å². The summed E-state index contributed by atoms with van der Waals surface area (Å²) in [5, 5.41) is 10.1. The van der Waals surface area contributed by atoms with E-state index in [1.54, 1.807) is 24.3 Å². The quantitative estimate of drug-likeness (QED) is 0.911. The number of sulfone groups is 1. The molecule has 1 N–H and O–H groups in total. The average Bonchev–Trinajstić information content (AvgIpc) is 2.31. The second kappa shape index (κ2) is 5.85. The van der Waals surface area contributed by atoms with Crippen LogP contribution in [0.25, 0.3) is 0 Å². The van der Waals surface area contributed by atoms with E-state index < -0.39 is 26.7 Å². The first-order valence-electron chi connectivity index (χ1n) is 5.02. The molecular weight excluding hydrogens is 276 g/mol. The molecule has 0 saturated heterocycles. The normalized spacial score (nSPS) is 12.5. The van der Waals surface area contributed by atoms with Crippen LogP contribution in [0.4, 0.5) is 5.69 Å². The Morgan fingerprint density at radius 2 is 2.00 bits per heavy atom. The highest BCUT2D eigenvalue weighted by molar-refractivity contribution is 7.92. The van der Waals surface area contributed by atoms with Crippen molar-refractivity contribution in [3.63, 3.8) is 0 Å². The van der Waals surface area contributed by atoms with Gasteiger partial charge in [-0.2, -0.15) is 5.26 Å². The van der Waals surface area contributed by atoms with Crippen LogP contribution in [-0.4, -0.2) is 25.3 Å². The number of hydrogen-bond donors (Lipinski definition) is 1. The van der Waals surface area contributed by atoms with Crippen molar-refractivity contribution in [1.82, 2.24) is 0 Å². The molecule has 96 valence electrons. The summed E-state index contributed by atoms with van der Waals surface area (Å²) in [6.45, 7) is 1.25. The molecule has 1 aromatic rings. The van der Waals surface area contributed by atoms with E-state index in [1.807, 2.05) is 0 Å². The lowest BCUT2D eigenvalue weighted by Crippen LogP contribution is -2.33. The van der Waals surface area contributed by atoms with Gasteiger partial charge in [0.15, 0.2) is 9.84 Å². The second-order valence-corrected chi connectivity index (χ2v) is 6.36. The van der Waals surface area contributed by atoms with Gasteiger partial charge in [-0.15, -0.1) is 0 Å². The first kappa shape index (κ1) is 14.5. The van der Waals surface area contributed by atoms with Gasteiger partial charge in [0, 0.05) is 10.7 Å². The molecule has 0 bridgehead atoms. The number of nitrogens with one attached hydrogen (secondary N) is 1. The van der Waals surface area contributed by atoms with Gasteiger partial charge in [-0.25, -0.2) is 8.42 Å². The van der Waals surface area contributed by atoms with E-state index in [1.165, 1.54) is 13.0 Å². The van der Waals surface area contributed by atoms with Crippen LogP contribution >= 0.6 is 11.6 Å². The van der Waals surface area contributed by atoms with Crippen molar-refractivity contribution >= 4 is 33.0 Å². The van der Waals surface area contributed by atoms with Crippen LogP contribution in [0.1, 0.15) is 6.92 Å². The van der Waals surface area contributed by atoms with Crippen molar-refractivity contribution in [1.29, 1.82) is 5.26 Å². The minimum Gasteiger partial charge on any atom is -0.325 e. The topological polar surface area (TPSA) is 87.0 Å². The van der Waals surface area contributed by atoms with Crippen LogP contribution in [0.15, 0.2) is 24.3 Å². The number of nitriles is 1. The molecule has 0 aliphatic heterocycles. The lowest BCUT2D eigenvalue weighted by Gasteiger charge is -2.11. The highest BCUT2D eigenvalue weighted by atomic mass is 35.5. The Morgan fingerprint density at radius 3 is 2.50 bits per heavy atom. The number of nitrogens with zero attached hydrogens (tertiary/aromatic N) is 1. The summed E-state index contributed by atoms with van der Waals surface area (Å²) in [5.41, 5.74) is 0.448. The van der Waals surface area contributed by atoms with Crippen molar-refractivity contribution < 1.29 is 13.2 Å². The van der Waals surface area contributed by atoms with Gasteiger partial charge in [0.25, 0.3) is 0 Å². The number of rotatable bonds is 4. The minimum atomic E-state index is -3.74. The Bertz CT molecular complexity index is 575. The largest absolute Gasteiger partial charge is 0.325 e. The molecular formula is C11H11ClN2O3S. The fourth-order valence-electron chi connectivity index (χ4n) is 1.16. The summed E-state index contributed by atoms with van der Waals surface area (Å²) in [6.07, 6.45) is 0. The predicted molar refractivity (Wildman–Crippen MR) is 68.9 cm³/mol. The zero-order chi connectivity index (χ0) is 13.8. The van der Waals surface area contributed by atoms with Crippen molar-refractivity contribution in [2.24, 2.45) is 0 Å². The van der Waals surface area contributed by atoms with Crippen LogP contribution in [0.5, 0.6) is 0 Å². The Kier molecular flexibility index (Phi) is 4.70. The molecule has 0 aliphatic rings. The predicted octanol–water partition coefficient (Wildman–Crippen LogP) is 1.61. The molecule has 0 aromatic heterocycles. The Labute approximate surface area is 110 Å². The van der Waals surface area contributed by atoms with E-state index in [9.17, 15) is 13.2 Å². The van der Waals surface area contributed by atoms with Gasteiger partial charge in [0.1, 0.15) is 11.0 Å². The van der Waals surface area contributed by atoms with E-state index in [2.05, 4.69) is 5.32 Å². The zero-order valence-corrected chi connectivity index (χ0v) is 11.1. The van der Waals surface area contributed by atoms with E-state index in [-0.39, 0.29) is 0 Å². The smallest absolute Gasteiger partial charge is 0.242 e. The Hall–Kier alpha value is -1.58. The van der Waals surface area contributed by atoms with Gasteiger partial charge in [-0.1, -0.05) is 11.6 Å². The van der Waals surface area contributed by atoms with Crippen molar-refractivity contribution in [2.45, 2.75) is 12.2 Å². The van der Waals surface area contributed by atoms with Gasteiger partial charge in [-0.05, 0) is 31.2 Å². The maximum atomic E-state index is 11.7. The summed E-state index contributed by atoms with van der Waals surface area (Å²) in [6, 6.07) is 7.80. The third-order valence-corrected chi connectivity index (χ3v) is 4.36. The summed E-state index contributed by atoms with van der Waals surface area (Å²) in [7, 11) is -3.74. The number of anilines is 1. The van der Waals surface area contributed by atoms with E-state index in [0.717, 1.165) is 0 Å². The van der Waals surface area contributed by atoms with Crippen LogP contribution in [-0.2, 0) is 14.6 Å². The molecule has 18 heavy (non-hydrogen) atoms. The summed E-state index contributed by atoms with van der Waals surface area (Å²) >= 11 is 5.68. The summed E-state index contributed by atoms with van der Waals surface area (Å²) < 4.78 is 23.0. The van der Waals surface area contributed by atoms with Crippen LogP contribution in [0.3, 0.4) is 0 Å². The Balaban J connectivity index is 2.78. The third-order valence-electron chi connectivity index (χ3n) is 2.29. The molecule has 1 aromatic carbocycles. The SMILES string of the molecule is CC(C(=O)Nc1ccc(Cl)cc1)S(=O)(=O)CC#N. The van der Waals surface area contributed by atoms with Crippen LogP contribution < -0.4 is 5.32 Å². The number of amides is 1. The van der Waals surface area contributed by atoms with Crippen LogP contribution in [0.2, 0.25) is 5.02 Å². The standard InChI is InChI=1S/C11H11ClN2O3S/c1-8(18(16,17)7-6-13)11(15)14-10-4-2-9(12)3-5-10/h2-5,8H,7H2,1H3,(H,14,15). The molecule has 1 amide bonds. The number of halogens is 1. The molecule has 7 heteroatoms. The third kappa shape index (κ3) is 3.72. The number of hydrogen-bond acceptors (Lipinski definition) is 4. The molecule has 1 unspecified atom stereocenters. The van der Waals surface area contributed by atoms with Gasteiger partial charge < -0.3 is 5.32 Å². The summed E-state index contributed by atoms with van der Waals surface area (Å²) in [5.74, 6) is -1.35. The molecule has 0 heterocycles. The van der Waals surface area contributed by atoms with Gasteiger partial charge >= 0.3 is 0 Å². The van der Waals surface area contributed by atoms with Crippen LogP contribution in [0, 0.1) is 11.3 Å². The molecule has 0 saturated carbocycles. The maximum absolute atomic E-state index is 11.7. The summed E-state index contributed by atoms with van der Waals surface area (Å²) in [4.78, 5) is 11.7. The molecule has 0 aliphatic carbocycles. The first-order chi connectivity index (χ1) is 8.36. The van der Waals surface area contributed by atoms with E-state index in [0.29, 0.717) is 10.7 Å². The molecule has 0 spiro atoms.